The first-order chi connectivity index (χ1) is 19.2. The predicted molar refractivity (Wildman–Crippen MR) is 156 cm³/mol. The summed E-state index contributed by atoms with van der Waals surface area (Å²) in [6.07, 6.45) is -1.27. The lowest BCUT2D eigenvalue weighted by molar-refractivity contribution is -0.380. The average Bonchev–Trinajstić information content (AvgIpc) is 3.59. The maximum Gasteiger partial charge on any atom is 0.414 e. The average molecular weight is 607 g/mol. The van der Waals surface area contributed by atoms with Gasteiger partial charge in [-0.3, -0.25) is 15.0 Å². The van der Waals surface area contributed by atoms with E-state index in [1.807, 2.05) is 9.80 Å². The largest absolute Gasteiger partial charge is 0.442 e. The number of piperazine rings is 1. The summed E-state index contributed by atoms with van der Waals surface area (Å²) >= 11 is 11.2. The summed E-state index contributed by atoms with van der Waals surface area (Å²) < 4.78 is 21.6. The fourth-order valence-corrected chi connectivity index (χ4v) is 5.69. The zero-order chi connectivity index (χ0) is 28.4. The van der Waals surface area contributed by atoms with Crippen molar-refractivity contribution in [1.29, 1.82) is 0 Å². The number of cyclic esters (lactones) is 1. The van der Waals surface area contributed by atoms with Crippen LogP contribution < -0.4 is 24.3 Å². The Morgan fingerprint density at radius 1 is 1.15 bits per heavy atom. The lowest BCUT2D eigenvalue weighted by Crippen LogP contribution is -2.46. The number of anilines is 4. The van der Waals surface area contributed by atoms with Gasteiger partial charge in [-0.15, -0.1) is 0 Å². The number of hydrogen-bond acceptors (Lipinski definition) is 9. The number of thiol groups is 1. The molecule has 1 atom stereocenters. The van der Waals surface area contributed by atoms with E-state index in [0.717, 1.165) is 20.6 Å². The first-order valence-electron chi connectivity index (χ1n) is 12.2. The number of nitrogens with one attached hydrogen (secondary N) is 1. The van der Waals surface area contributed by atoms with Crippen molar-refractivity contribution in [3.63, 3.8) is 0 Å². The molecule has 0 saturated carbocycles. The van der Waals surface area contributed by atoms with Crippen LogP contribution in [0.4, 0.5) is 41.0 Å². The van der Waals surface area contributed by atoms with E-state index in [1.165, 1.54) is 17.0 Å². The summed E-state index contributed by atoms with van der Waals surface area (Å²) in [7, 11) is 0. The van der Waals surface area contributed by atoms with E-state index in [-0.39, 0.29) is 18.1 Å². The number of nitrogens with zero attached hydrogens (tertiary/aromatic N) is 5. The van der Waals surface area contributed by atoms with Crippen molar-refractivity contribution in [1.82, 2.24) is 5.32 Å². The van der Waals surface area contributed by atoms with E-state index in [9.17, 15) is 19.7 Å². The van der Waals surface area contributed by atoms with E-state index < -0.39 is 29.0 Å². The molecule has 0 radical (unpaired) electrons. The molecular formula is C25H24ClFN6O5S2. The van der Waals surface area contributed by atoms with Crippen LogP contribution in [0.2, 0.25) is 5.02 Å². The van der Waals surface area contributed by atoms with E-state index >= 15 is 4.39 Å². The predicted octanol–water partition coefficient (Wildman–Crippen LogP) is 5.16. The highest BCUT2D eigenvalue weighted by atomic mass is 35.5. The number of thiophene rings is 1. The zero-order valence-electron chi connectivity index (χ0n) is 20.9. The Morgan fingerprint density at radius 3 is 2.50 bits per heavy atom. The second-order valence-electron chi connectivity index (χ2n) is 9.07. The first-order valence-corrected chi connectivity index (χ1v) is 13.8. The molecule has 210 valence electrons. The molecule has 11 nitrogen and oxygen atoms in total. The van der Waals surface area contributed by atoms with Crippen LogP contribution in [-0.2, 0) is 4.74 Å². The summed E-state index contributed by atoms with van der Waals surface area (Å²) in [5.74, 6) is -0.476. The van der Waals surface area contributed by atoms with Crippen molar-refractivity contribution in [2.24, 2.45) is 0 Å². The molecule has 2 aliphatic heterocycles. The van der Waals surface area contributed by atoms with Crippen LogP contribution in [0.25, 0.3) is 0 Å². The van der Waals surface area contributed by atoms with Crippen LogP contribution in [0.1, 0.15) is 0 Å². The van der Waals surface area contributed by atoms with Crippen molar-refractivity contribution in [3.8, 4) is 0 Å². The number of carbonyl (C=O) groups excluding carboxylic acids is 2. The zero-order valence-corrected chi connectivity index (χ0v) is 23.4. The molecule has 2 fully saturated rings. The molecule has 0 bridgehead atoms. The number of carbonyl (C=O) groups is 2. The lowest BCUT2D eigenvalue weighted by atomic mass is 10.2. The minimum absolute atomic E-state index is 0.0456. The molecule has 2 aliphatic rings. The molecule has 1 unspecified atom stereocenters. The van der Waals surface area contributed by atoms with Gasteiger partial charge in [0.1, 0.15) is 11.9 Å². The third kappa shape index (κ3) is 6.03. The fraction of sp³-hybridized carbons (Fsp3) is 0.280. The minimum Gasteiger partial charge on any atom is -0.442 e. The Morgan fingerprint density at radius 2 is 1.85 bits per heavy atom. The van der Waals surface area contributed by atoms with Gasteiger partial charge in [-0.2, -0.15) is 0 Å². The Bertz CT molecular complexity index is 1420. The van der Waals surface area contributed by atoms with Crippen molar-refractivity contribution in [3.05, 3.63) is 75.6 Å². The molecule has 1 aromatic heterocycles. The maximum atomic E-state index is 15.2. The van der Waals surface area contributed by atoms with Crippen molar-refractivity contribution in [2.75, 3.05) is 58.3 Å². The van der Waals surface area contributed by atoms with Crippen molar-refractivity contribution in [2.45, 2.75) is 6.10 Å². The summed E-state index contributed by atoms with van der Waals surface area (Å²) in [6, 6.07) is 13.8. The third-order valence-electron chi connectivity index (χ3n) is 6.55. The molecule has 5 rings (SSSR count). The van der Waals surface area contributed by atoms with Gasteiger partial charge < -0.3 is 19.9 Å². The van der Waals surface area contributed by atoms with Crippen molar-refractivity contribution >= 4 is 74.9 Å². The number of nitro groups is 1. The third-order valence-corrected chi connectivity index (χ3v) is 8.31. The lowest BCUT2D eigenvalue weighted by Gasteiger charge is -2.36. The highest BCUT2D eigenvalue weighted by Gasteiger charge is 2.33. The van der Waals surface area contributed by atoms with Crippen LogP contribution in [0.15, 0.2) is 54.6 Å². The van der Waals surface area contributed by atoms with Gasteiger partial charge in [0.25, 0.3) is 0 Å². The maximum absolute atomic E-state index is 15.2. The van der Waals surface area contributed by atoms with Crippen molar-refractivity contribution < 1.29 is 23.6 Å². The highest BCUT2D eigenvalue weighted by Crippen LogP contribution is 2.33. The van der Waals surface area contributed by atoms with Gasteiger partial charge >= 0.3 is 17.1 Å². The fourth-order valence-electron chi connectivity index (χ4n) is 4.49. The van der Waals surface area contributed by atoms with Gasteiger partial charge in [0.2, 0.25) is 0 Å². The van der Waals surface area contributed by atoms with Gasteiger partial charge in [0.05, 0.1) is 40.1 Å². The van der Waals surface area contributed by atoms with E-state index in [1.54, 1.807) is 42.5 Å². The second-order valence-corrected chi connectivity index (χ2v) is 10.9. The molecule has 2 saturated heterocycles. The van der Waals surface area contributed by atoms with Crippen LogP contribution in [0, 0.1) is 15.9 Å². The quantitative estimate of drug-likeness (QED) is 0.217. The molecule has 1 N–H and O–H groups in total. The van der Waals surface area contributed by atoms with Gasteiger partial charge in [0, 0.05) is 37.3 Å². The first kappa shape index (κ1) is 27.8. The number of ether oxygens (including phenoxy) is 1. The Labute approximate surface area is 243 Å². The molecular weight excluding hydrogens is 583 g/mol. The Kier molecular flexibility index (Phi) is 8.19. The summed E-state index contributed by atoms with van der Waals surface area (Å²) in [6.45, 7) is 2.43. The van der Waals surface area contributed by atoms with Crippen LogP contribution >= 0.6 is 35.8 Å². The molecule has 3 aromatic rings. The van der Waals surface area contributed by atoms with Gasteiger partial charge in [-0.1, -0.05) is 24.4 Å². The summed E-state index contributed by atoms with van der Waals surface area (Å²) in [5.41, 5.74) is 1.28. The number of benzene rings is 2. The van der Waals surface area contributed by atoms with E-state index in [2.05, 4.69) is 18.1 Å². The molecule has 3 heterocycles. The summed E-state index contributed by atoms with van der Waals surface area (Å²) in [5, 5.41) is 15.1. The minimum atomic E-state index is -0.634. The monoisotopic (exact) mass is 606 g/mol. The SMILES string of the molecule is O=C(NCC1CN(c2ccc(N3CCN(c4ccc([N+](=O)[O-])s4)CC3)c(F)c2)C(=O)O1)N(S)c1ccc(Cl)cc1. The topological polar surface area (TPSA) is 112 Å². The highest BCUT2D eigenvalue weighted by molar-refractivity contribution is 7.82. The number of urea groups is 1. The number of halogens is 2. The molecule has 0 spiro atoms. The molecule has 40 heavy (non-hydrogen) atoms. The van der Waals surface area contributed by atoms with Crippen LogP contribution in [-0.4, -0.2) is 62.4 Å². The Balaban J connectivity index is 1.15. The summed E-state index contributed by atoms with van der Waals surface area (Å²) in [4.78, 5) is 40.8. The smallest absolute Gasteiger partial charge is 0.414 e. The van der Waals surface area contributed by atoms with Gasteiger partial charge in [-0.25, -0.2) is 18.3 Å². The molecule has 2 aromatic carbocycles. The standard InChI is InChI=1S/C25H24ClFN6O5S2/c26-16-1-3-17(4-2-16)32(39)24(34)28-14-19-15-31(25(35)38-19)18-5-6-21(20(27)13-18)29-9-11-30(12-10-29)22-7-8-23(40-22)33(36)37/h1-8,13,19,39H,9-12,14-15H2,(H,28,34). The molecule has 15 heteroatoms. The van der Waals surface area contributed by atoms with Gasteiger partial charge in [0.15, 0.2) is 0 Å². The number of hydrogen-bond donors (Lipinski definition) is 2. The molecule has 3 amide bonds. The van der Waals surface area contributed by atoms with Gasteiger partial charge in [-0.05, 0) is 59.9 Å². The number of rotatable bonds is 7. The number of amides is 3. The van der Waals surface area contributed by atoms with Crippen LogP contribution in [0.3, 0.4) is 0 Å². The Hall–Kier alpha value is -3.75. The molecule has 0 aliphatic carbocycles. The van der Waals surface area contributed by atoms with E-state index in [4.69, 9.17) is 16.3 Å². The van der Waals surface area contributed by atoms with E-state index in [0.29, 0.717) is 48.3 Å². The van der Waals surface area contributed by atoms with Crippen LogP contribution in [0.5, 0.6) is 0 Å². The normalized spacial score (nSPS) is 17.1. The second kappa shape index (κ2) is 11.8.